The average Bonchev–Trinajstić information content (AvgIpc) is 3.15. The lowest BCUT2D eigenvalue weighted by Gasteiger charge is -2.10. The van der Waals surface area contributed by atoms with E-state index in [1.165, 1.54) is 0 Å². The number of hydrogen-bond acceptors (Lipinski definition) is 6. The van der Waals surface area contributed by atoms with Gasteiger partial charge in [0.05, 0.1) is 6.33 Å². The third kappa shape index (κ3) is 4.09. The standard InChI is InChI=1S/C21H22N6O/c1-2-3-12-27-15-23-18-19(27)25-21(24-17-9-5-4-6-10-17)26-20(18)28-14-16-8-7-11-22-13-16/h4-11,13,15H,2-3,12,14H2,1H3,(H,24,25,26). The van der Waals surface area contributed by atoms with Crippen molar-refractivity contribution in [1.29, 1.82) is 0 Å². The number of fused-ring (bicyclic) bond motifs is 1. The average molecular weight is 374 g/mol. The van der Waals surface area contributed by atoms with Gasteiger partial charge in [0.2, 0.25) is 11.8 Å². The van der Waals surface area contributed by atoms with Crippen molar-refractivity contribution < 1.29 is 4.74 Å². The minimum atomic E-state index is 0.368. The Kier molecular flexibility index (Phi) is 5.42. The summed E-state index contributed by atoms with van der Waals surface area (Å²) in [6.07, 6.45) is 7.48. The molecule has 0 amide bonds. The van der Waals surface area contributed by atoms with Crippen LogP contribution < -0.4 is 10.1 Å². The van der Waals surface area contributed by atoms with Gasteiger partial charge in [-0.2, -0.15) is 9.97 Å². The molecule has 0 bridgehead atoms. The van der Waals surface area contributed by atoms with Crippen LogP contribution in [0, 0.1) is 0 Å². The molecule has 1 aromatic carbocycles. The van der Waals surface area contributed by atoms with Crippen LogP contribution in [0.5, 0.6) is 5.88 Å². The quantitative estimate of drug-likeness (QED) is 0.494. The highest BCUT2D eigenvalue weighted by atomic mass is 16.5. The lowest BCUT2D eigenvalue weighted by molar-refractivity contribution is 0.297. The van der Waals surface area contributed by atoms with Crippen molar-refractivity contribution >= 4 is 22.8 Å². The molecule has 0 radical (unpaired) electrons. The van der Waals surface area contributed by atoms with Crippen molar-refractivity contribution in [2.24, 2.45) is 0 Å². The molecule has 3 heterocycles. The van der Waals surface area contributed by atoms with Crippen molar-refractivity contribution in [3.63, 3.8) is 0 Å². The Hall–Kier alpha value is -3.48. The Morgan fingerprint density at radius 1 is 1.07 bits per heavy atom. The molecule has 0 aliphatic carbocycles. The predicted molar refractivity (Wildman–Crippen MR) is 109 cm³/mol. The van der Waals surface area contributed by atoms with E-state index in [1.807, 2.05) is 47.0 Å². The van der Waals surface area contributed by atoms with Crippen LogP contribution in [0.15, 0.2) is 61.2 Å². The molecule has 7 nitrogen and oxygen atoms in total. The van der Waals surface area contributed by atoms with E-state index >= 15 is 0 Å². The molecule has 0 aliphatic heterocycles. The zero-order chi connectivity index (χ0) is 19.2. The number of aryl methyl sites for hydroxylation is 1. The van der Waals surface area contributed by atoms with Gasteiger partial charge in [-0.25, -0.2) is 4.98 Å². The van der Waals surface area contributed by atoms with Gasteiger partial charge in [0.15, 0.2) is 11.2 Å². The molecule has 0 saturated heterocycles. The number of nitrogens with one attached hydrogen (secondary N) is 1. The summed E-state index contributed by atoms with van der Waals surface area (Å²) in [6.45, 7) is 3.39. The summed E-state index contributed by atoms with van der Waals surface area (Å²) in [5, 5.41) is 3.25. The maximum Gasteiger partial charge on any atom is 0.247 e. The Morgan fingerprint density at radius 2 is 1.96 bits per heavy atom. The fourth-order valence-corrected chi connectivity index (χ4v) is 2.85. The molecule has 0 fully saturated rings. The molecule has 7 heteroatoms. The Morgan fingerprint density at radius 3 is 2.75 bits per heavy atom. The maximum absolute atomic E-state index is 5.99. The van der Waals surface area contributed by atoms with Gasteiger partial charge in [0.1, 0.15) is 6.61 Å². The monoisotopic (exact) mass is 374 g/mol. The third-order valence-corrected chi connectivity index (χ3v) is 4.31. The lowest BCUT2D eigenvalue weighted by Crippen LogP contribution is -2.05. The molecule has 3 aromatic heterocycles. The fourth-order valence-electron chi connectivity index (χ4n) is 2.85. The van der Waals surface area contributed by atoms with Crippen LogP contribution >= 0.6 is 0 Å². The Labute approximate surface area is 163 Å². The molecule has 0 unspecified atom stereocenters. The molecule has 1 N–H and O–H groups in total. The van der Waals surface area contributed by atoms with E-state index in [0.717, 1.165) is 36.3 Å². The number of hydrogen-bond donors (Lipinski definition) is 1. The topological polar surface area (TPSA) is 77.8 Å². The number of imidazole rings is 1. The highest BCUT2D eigenvalue weighted by molar-refractivity contribution is 5.78. The van der Waals surface area contributed by atoms with Gasteiger partial charge in [0.25, 0.3) is 0 Å². The van der Waals surface area contributed by atoms with E-state index in [9.17, 15) is 0 Å². The predicted octanol–water partition coefficient (Wildman–Crippen LogP) is 4.34. The zero-order valence-electron chi connectivity index (χ0n) is 15.7. The lowest BCUT2D eigenvalue weighted by atomic mass is 10.3. The molecule has 0 spiro atoms. The number of pyridine rings is 1. The van der Waals surface area contributed by atoms with Crippen LogP contribution in [0.2, 0.25) is 0 Å². The highest BCUT2D eigenvalue weighted by Crippen LogP contribution is 2.25. The first-order valence-electron chi connectivity index (χ1n) is 9.40. The summed E-state index contributed by atoms with van der Waals surface area (Å²) in [5.74, 6) is 0.945. The Bertz CT molecular complexity index is 1030. The number of rotatable bonds is 8. The van der Waals surface area contributed by atoms with Gasteiger partial charge in [-0.15, -0.1) is 0 Å². The molecule has 0 aliphatic rings. The van der Waals surface area contributed by atoms with Gasteiger partial charge in [-0.3, -0.25) is 4.98 Å². The number of unbranched alkanes of at least 4 members (excludes halogenated alkanes) is 1. The van der Waals surface area contributed by atoms with Crippen LogP contribution in [0.4, 0.5) is 11.6 Å². The summed E-state index contributed by atoms with van der Waals surface area (Å²) in [5.41, 5.74) is 3.32. The maximum atomic E-state index is 5.99. The summed E-state index contributed by atoms with van der Waals surface area (Å²) in [6, 6.07) is 13.7. The molecule has 142 valence electrons. The van der Waals surface area contributed by atoms with E-state index < -0.39 is 0 Å². The minimum Gasteiger partial charge on any atom is -0.471 e. The second kappa shape index (κ2) is 8.47. The van der Waals surface area contributed by atoms with E-state index in [1.54, 1.807) is 18.7 Å². The SMILES string of the molecule is CCCCn1cnc2c(OCc3cccnc3)nc(Nc3ccccc3)nc21. The van der Waals surface area contributed by atoms with Crippen LogP contribution in [-0.2, 0) is 13.2 Å². The second-order valence-electron chi connectivity index (χ2n) is 6.46. The van der Waals surface area contributed by atoms with Crippen molar-refractivity contribution in [2.75, 3.05) is 5.32 Å². The number of anilines is 2. The first-order chi connectivity index (χ1) is 13.8. The van der Waals surface area contributed by atoms with E-state index in [-0.39, 0.29) is 0 Å². The zero-order valence-corrected chi connectivity index (χ0v) is 15.7. The van der Waals surface area contributed by atoms with Gasteiger partial charge in [-0.05, 0) is 24.6 Å². The van der Waals surface area contributed by atoms with Crippen LogP contribution in [-0.4, -0.2) is 24.5 Å². The molecular formula is C21H22N6O. The van der Waals surface area contributed by atoms with Crippen LogP contribution in [0.25, 0.3) is 11.2 Å². The number of para-hydroxylation sites is 1. The van der Waals surface area contributed by atoms with E-state index in [0.29, 0.717) is 24.0 Å². The molecule has 0 saturated carbocycles. The smallest absolute Gasteiger partial charge is 0.247 e. The number of aromatic nitrogens is 5. The molecule has 0 atom stereocenters. The van der Waals surface area contributed by atoms with Crippen molar-refractivity contribution in [1.82, 2.24) is 24.5 Å². The van der Waals surface area contributed by atoms with Crippen molar-refractivity contribution in [3.8, 4) is 5.88 Å². The third-order valence-electron chi connectivity index (χ3n) is 4.31. The molecule has 4 rings (SSSR count). The van der Waals surface area contributed by atoms with Gasteiger partial charge >= 0.3 is 0 Å². The summed E-state index contributed by atoms with van der Waals surface area (Å²) in [4.78, 5) is 17.9. The van der Waals surface area contributed by atoms with Gasteiger partial charge in [-0.1, -0.05) is 37.6 Å². The summed E-state index contributed by atoms with van der Waals surface area (Å²) >= 11 is 0. The number of nitrogens with zero attached hydrogens (tertiary/aromatic N) is 5. The van der Waals surface area contributed by atoms with Crippen molar-refractivity contribution in [3.05, 3.63) is 66.7 Å². The normalized spacial score (nSPS) is 10.9. The van der Waals surface area contributed by atoms with Crippen molar-refractivity contribution in [2.45, 2.75) is 32.9 Å². The van der Waals surface area contributed by atoms with E-state index in [2.05, 4.69) is 32.2 Å². The van der Waals surface area contributed by atoms with Gasteiger partial charge < -0.3 is 14.6 Å². The number of benzene rings is 1. The largest absolute Gasteiger partial charge is 0.471 e. The fraction of sp³-hybridized carbons (Fsp3) is 0.238. The number of ether oxygens (including phenoxy) is 1. The summed E-state index contributed by atoms with van der Waals surface area (Å²) < 4.78 is 8.04. The molecular weight excluding hydrogens is 352 g/mol. The van der Waals surface area contributed by atoms with Gasteiger partial charge in [0, 0.05) is 30.2 Å². The van der Waals surface area contributed by atoms with Crippen LogP contribution in [0.3, 0.4) is 0 Å². The Balaban J connectivity index is 1.67. The van der Waals surface area contributed by atoms with E-state index in [4.69, 9.17) is 4.74 Å². The first kappa shape index (κ1) is 17.9. The summed E-state index contributed by atoms with van der Waals surface area (Å²) in [7, 11) is 0. The molecule has 4 aromatic rings. The highest BCUT2D eigenvalue weighted by Gasteiger charge is 2.15. The first-order valence-corrected chi connectivity index (χ1v) is 9.40. The van der Waals surface area contributed by atoms with Crippen LogP contribution in [0.1, 0.15) is 25.3 Å². The minimum absolute atomic E-state index is 0.368. The second-order valence-corrected chi connectivity index (χ2v) is 6.46. The molecule has 28 heavy (non-hydrogen) atoms.